The van der Waals surface area contributed by atoms with Crippen molar-refractivity contribution in [2.24, 2.45) is 0 Å². The summed E-state index contributed by atoms with van der Waals surface area (Å²) in [5.41, 5.74) is 0.778. The highest BCUT2D eigenvalue weighted by atomic mass is 35.5. The Labute approximate surface area is 111 Å². The Morgan fingerprint density at radius 1 is 1.33 bits per heavy atom. The predicted octanol–water partition coefficient (Wildman–Crippen LogP) is 2.56. The molecule has 1 aromatic carbocycles. The summed E-state index contributed by atoms with van der Waals surface area (Å²) in [7, 11) is 0. The number of imide groups is 1. The first kappa shape index (κ1) is 12.9. The number of nitrogens with one attached hydrogen (secondary N) is 1. The molecule has 1 aromatic rings. The second-order valence-corrected chi connectivity index (χ2v) is 4.71. The van der Waals surface area contributed by atoms with Gasteiger partial charge in [0, 0.05) is 5.02 Å². The average molecular weight is 267 g/mol. The molecule has 4 nitrogen and oxygen atoms in total. The van der Waals surface area contributed by atoms with Crippen molar-refractivity contribution in [1.29, 1.82) is 0 Å². The highest BCUT2D eigenvalue weighted by Gasteiger charge is 2.37. The molecular formula is C13H15ClN2O2. The molecule has 1 atom stereocenters. The quantitative estimate of drug-likeness (QED) is 0.852. The molecule has 1 fully saturated rings. The van der Waals surface area contributed by atoms with Gasteiger partial charge in [-0.25, -0.2) is 4.79 Å². The molecule has 0 aliphatic carbocycles. The smallest absolute Gasteiger partial charge is 0.325 e. The van der Waals surface area contributed by atoms with Crippen molar-refractivity contribution in [3.63, 3.8) is 0 Å². The fourth-order valence-corrected chi connectivity index (χ4v) is 2.20. The minimum absolute atomic E-state index is 0.165. The molecule has 0 unspecified atom stereocenters. The van der Waals surface area contributed by atoms with Crippen LogP contribution in [0.1, 0.15) is 25.3 Å². The first-order valence-corrected chi connectivity index (χ1v) is 6.36. The number of rotatable bonds is 4. The summed E-state index contributed by atoms with van der Waals surface area (Å²) in [5, 5.41) is 3.26. The third kappa shape index (κ3) is 2.48. The van der Waals surface area contributed by atoms with Crippen LogP contribution in [-0.4, -0.2) is 22.9 Å². The van der Waals surface area contributed by atoms with Crippen molar-refractivity contribution in [1.82, 2.24) is 10.2 Å². The van der Waals surface area contributed by atoms with Crippen LogP contribution >= 0.6 is 11.6 Å². The third-order valence-corrected chi connectivity index (χ3v) is 3.34. The first-order valence-electron chi connectivity index (χ1n) is 5.98. The van der Waals surface area contributed by atoms with Crippen molar-refractivity contribution in [3.8, 4) is 0 Å². The number of hydrogen-bond donors (Lipinski definition) is 1. The molecular weight excluding hydrogens is 252 g/mol. The Bertz CT molecular complexity index is 476. The number of hydrogen-bond acceptors (Lipinski definition) is 2. The molecule has 1 aliphatic rings. The van der Waals surface area contributed by atoms with Gasteiger partial charge in [-0.15, -0.1) is 0 Å². The van der Waals surface area contributed by atoms with Crippen molar-refractivity contribution in [2.75, 3.05) is 0 Å². The summed E-state index contributed by atoms with van der Waals surface area (Å²) in [6.45, 7) is 2.21. The summed E-state index contributed by atoms with van der Waals surface area (Å²) in [6.07, 6.45) is 1.53. The largest absolute Gasteiger partial charge is 0.326 e. The lowest BCUT2D eigenvalue weighted by Gasteiger charge is -2.13. The number of nitrogens with zero attached hydrogens (tertiary/aromatic N) is 1. The molecule has 0 saturated carbocycles. The molecule has 0 radical (unpaired) electrons. The molecule has 1 saturated heterocycles. The van der Waals surface area contributed by atoms with Gasteiger partial charge in [0.05, 0.1) is 6.54 Å². The number of halogens is 1. The third-order valence-electron chi connectivity index (χ3n) is 2.97. The van der Waals surface area contributed by atoms with E-state index < -0.39 is 0 Å². The van der Waals surface area contributed by atoms with Crippen LogP contribution < -0.4 is 5.32 Å². The zero-order valence-corrected chi connectivity index (χ0v) is 10.9. The Morgan fingerprint density at radius 2 is 2.06 bits per heavy atom. The van der Waals surface area contributed by atoms with Gasteiger partial charge in [0.2, 0.25) is 0 Å². The van der Waals surface area contributed by atoms with Crippen LogP contribution in [0.4, 0.5) is 4.79 Å². The zero-order chi connectivity index (χ0) is 13.1. The molecule has 3 amide bonds. The zero-order valence-electron chi connectivity index (χ0n) is 10.1. The topological polar surface area (TPSA) is 49.4 Å². The maximum absolute atomic E-state index is 12.0. The molecule has 1 heterocycles. The van der Waals surface area contributed by atoms with E-state index in [1.165, 1.54) is 4.90 Å². The number of amides is 3. The van der Waals surface area contributed by atoms with Crippen LogP contribution in [0.15, 0.2) is 24.3 Å². The van der Waals surface area contributed by atoms with Gasteiger partial charge < -0.3 is 5.32 Å². The second-order valence-electron chi connectivity index (χ2n) is 4.31. The molecule has 0 aromatic heterocycles. The normalized spacial score (nSPS) is 19.2. The molecule has 0 bridgehead atoms. The van der Waals surface area contributed by atoms with Gasteiger partial charge in [-0.05, 0) is 18.1 Å². The molecule has 0 spiro atoms. The van der Waals surface area contributed by atoms with E-state index in [0.29, 0.717) is 11.4 Å². The van der Waals surface area contributed by atoms with Crippen LogP contribution in [0.3, 0.4) is 0 Å². The standard InChI is InChI=1S/C13H15ClN2O2/c1-2-5-11-12(17)16(13(18)15-11)8-9-6-3-4-7-10(9)14/h3-4,6-7,11H,2,5,8H2,1H3,(H,15,18)/t11-/m1/s1. The van der Waals surface area contributed by atoms with Gasteiger partial charge >= 0.3 is 6.03 Å². The van der Waals surface area contributed by atoms with Gasteiger partial charge in [0.25, 0.3) is 5.91 Å². The number of carbonyl (C=O) groups is 2. The lowest BCUT2D eigenvalue weighted by atomic mass is 10.1. The Balaban J connectivity index is 2.12. The van der Waals surface area contributed by atoms with E-state index >= 15 is 0 Å². The van der Waals surface area contributed by atoms with Gasteiger partial charge in [-0.1, -0.05) is 43.1 Å². The summed E-state index contributed by atoms with van der Waals surface area (Å²) < 4.78 is 0. The number of urea groups is 1. The van der Waals surface area contributed by atoms with Gasteiger partial charge in [-0.2, -0.15) is 0 Å². The maximum atomic E-state index is 12.0. The molecule has 96 valence electrons. The van der Waals surface area contributed by atoms with Crippen molar-refractivity contribution < 1.29 is 9.59 Å². The molecule has 1 aliphatic heterocycles. The Morgan fingerprint density at radius 3 is 2.72 bits per heavy atom. The Kier molecular flexibility index (Phi) is 3.87. The van der Waals surface area contributed by atoms with Crippen molar-refractivity contribution >= 4 is 23.5 Å². The monoisotopic (exact) mass is 266 g/mol. The first-order chi connectivity index (χ1) is 8.63. The van der Waals surface area contributed by atoms with Gasteiger partial charge in [0.15, 0.2) is 0 Å². The molecule has 18 heavy (non-hydrogen) atoms. The summed E-state index contributed by atoms with van der Waals surface area (Å²) >= 11 is 6.03. The molecule has 5 heteroatoms. The minimum Gasteiger partial charge on any atom is -0.326 e. The molecule has 1 N–H and O–H groups in total. The fraction of sp³-hybridized carbons (Fsp3) is 0.385. The fourth-order valence-electron chi connectivity index (χ4n) is 2.01. The van der Waals surface area contributed by atoms with E-state index in [2.05, 4.69) is 5.32 Å². The molecule has 2 rings (SSSR count). The van der Waals surface area contributed by atoms with Crippen molar-refractivity contribution in [2.45, 2.75) is 32.4 Å². The minimum atomic E-state index is -0.384. The highest BCUT2D eigenvalue weighted by molar-refractivity contribution is 6.31. The summed E-state index contributed by atoms with van der Waals surface area (Å²) in [5.74, 6) is -0.165. The van der Waals surface area contributed by atoms with Crippen LogP contribution in [0.5, 0.6) is 0 Å². The number of benzene rings is 1. The average Bonchev–Trinajstić information content (AvgIpc) is 2.60. The van der Waals surface area contributed by atoms with Crippen molar-refractivity contribution in [3.05, 3.63) is 34.9 Å². The lowest BCUT2D eigenvalue weighted by Crippen LogP contribution is -2.31. The van der Waals surface area contributed by atoms with Crippen LogP contribution in [0.25, 0.3) is 0 Å². The second kappa shape index (κ2) is 5.40. The lowest BCUT2D eigenvalue weighted by molar-refractivity contribution is -0.128. The number of carbonyl (C=O) groups excluding carboxylic acids is 2. The summed E-state index contributed by atoms with van der Waals surface area (Å²) in [4.78, 5) is 25.0. The van der Waals surface area contributed by atoms with E-state index in [4.69, 9.17) is 11.6 Å². The van der Waals surface area contributed by atoms with E-state index in [-0.39, 0.29) is 24.5 Å². The maximum Gasteiger partial charge on any atom is 0.325 e. The van der Waals surface area contributed by atoms with E-state index in [9.17, 15) is 9.59 Å². The van der Waals surface area contributed by atoms with Gasteiger partial charge in [0.1, 0.15) is 6.04 Å². The summed E-state index contributed by atoms with van der Waals surface area (Å²) in [6, 6.07) is 6.50. The van der Waals surface area contributed by atoms with E-state index in [0.717, 1.165) is 12.0 Å². The van der Waals surface area contributed by atoms with Crippen LogP contribution in [0, 0.1) is 0 Å². The van der Waals surface area contributed by atoms with E-state index in [1.54, 1.807) is 6.07 Å². The van der Waals surface area contributed by atoms with Gasteiger partial charge in [-0.3, -0.25) is 9.69 Å². The highest BCUT2D eigenvalue weighted by Crippen LogP contribution is 2.20. The SMILES string of the molecule is CCC[C@H]1NC(=O)N(Cc2ccccc2Cl)C1=O. The van der Waals surface area contributed by atoms with Crippen LogP contribution in [-0.2, 0) is 11.3 Å². The Hall–Kier alpha value is -1.55. The van der Waals surface area contributed by atoms with E-state index in [1.807, 2.05) is 25.1 Å². The predicted molar refractivity (Wildman–Crippen MR) is 69.2 cm³/mol. The van der Waals surface area contributed by atoms with Crippen LogP contribution in [0.2, 0.25) is 5.02 Å².